The third-order valence-corrected chi connectivity index (χ3v) is 5.92. The molecular formula is C20H20ClN5OS. The predicted molar refractivity (Wildman–Crippen MR) is 111 cm³/mol. The summed E-state index contributed by atoms with van der Waals surface area (Å²) in [5.41, 5.74) is 1.69. The van der Waals surface area contributed by atoms with E-state index >= 15 is 0 Å². The van der Waals surface area contributed by atoms with E-state index in [1.165, 1.54) is 17.3 Å². The average Bonchev–Trinajstić information content (AvgIpc) is 3.47. The Morgan fingerprint density at radius 3 is 2.75 bits per heavy atom. The van der Waals surface area contributed by atoms with Crippen molar-refractivity contribution in [3.8, 4) is 0 Å². The maximum atomic E-state index is 12.6. The number of benzene rings is 1. The Labute approximate surface area is 172 Å². The molecule has 1 aliphatic rings. The van der Waals surface area contributed by atoms with Crippen LogP contribution in [-0.2, 0) is 11.3 Å². The quantitative estimate of drug-likeness (QED) is 0.460. The number of anilines is 1. The molecule has 144 valence electrons. The van der Waals surface area contributed by atoms with E-state index in [4.69, 9.17) is 11.6 Å². The minimum absolute atomic E-state index is 0.151. The summed E-state index contributed by atoms with van der Waals surface area (Å²) >= 11 is 7.44. The summed E-state index contributed by atoms with van der Waals surface area (Å²) < 4.78 is 2.14. The Bertz CT molecular complexity index is 974. The fraction of sp³-hybridized carbons (Fsp3) is 0.300. The molecular weight excluding hydrogens is 394 g/mol. The maximum absolute atomic E-state index is 12.6. The molecule has 28 heavy (non-hydrogen) atoms. The molecule has 0 bridgehead atoms. The first-order chi connectivity index (χ1) is 13.6. The normalized spacial score (nSPS) is 14.6. The minimum Gasteiger partial charge on any atom is -0.322 e. The number of carbonyl (C=O) groups excluding carboxylic acids is 1. The van der Waals surface area contributed by atoms with Gasteiger partial charge in [-0.25, -0.2) is 4.98 Å². The van der Waals surface area contributed by atoms with Crippen LogP contribution in [0.25, 0.3) is 0 Å². The number of halogens is 1. The summed E-state index contributed by atoms with van der Waals surface area (Å²) in [7, 11) is 0. The summed E-state index contributed by atoms with van der Waals surface area (Å²) in [6.07, 6.45) is 3.88. The Hall–Kier alpha value is -2.38. The van der Waals surface area contributed by atoms with Gasteiger partial charge in [0, 0.05) is 12.1 Å². The van der Waals surface area contributed by atoms with Crippen LogP contribution in [0.2, 0.25) is 5.15 Å². The van der Waals surface area contributed by atoms with Gasteiger partial charge in [0.25, 0.3) is 0 Å². The van der Waals surface area contributed by atoms with E-state index in [0.717, 1.165) is 23.8 Å². The van der Waals surface area contributed by atoms with Gasteiger partial charge >= 0.3 is 0 Å². The highest BCUT2D eigenvalue weighted by atomic mass is 35.5. The van der Waals surface area contributed by atoms with Crippen LogP contribution in [0, 0.1) is 0 Å². The molecule has 2 heterocycles. The van der Waals surface area contributed by atoms with Crippen LogP contribution in [-0.4, -0.2) is 30.9 Å². The van der Waals surface area contributed by atoms with E-state index in [1.54, 1.807) is 18.3 Å². The highest BCUT2D eigenvalue weighted by molar-refractivity contribution is 8.00. The Morgan fingerprint density at radius 2 is 2.04 bits per heavy atom. The molecule has 2 aromatic heterocycles. The average molecular weight is 414 g/mol. The highest BCUT2D eigenvalue weighted by Gasteiger charge is 2.31. The third-order valence-electron chi connectivity index (χ3n) is 4.54. The Balaban J connectivity index is 1.51. The number of carbonyl (C=O) groups is 1. The lowest BCUT2D eigenvalue weighted by molar-refractivity contribution is -0.115. The van der Waals surface area contributed by atoms with Crippen molar-refractivity contribution in [2.75, 3.05) is 5.32 Å². The number of rotatable bonds is 7. The van der Waals surface area contributed by atoms with E-state index in [1.807, 2.05) is 25.1 Å². The monoisotopic (exact) mass is 413 g/mol. The number of nitrogens with zero attached hydrogens (tertiary/aromatic N) is 4. The molecule has 1 amide bonds. The number of hydrogen-bond donors (Lipinski definition) is 1. The zero-order valence-corrected chi connectivity index (χ0v) is 17.0. The Morgan fingerprint density at radius 1 is 1.25 bits per heavy atom. The molecule has 0 saturated heterocycles. The number of pyridine rings is 1. The number of hydrogen-bond acceptors (Lipinski definition) is 5. The van der Waals surface area contributed by atoms with Crippen molar-refractivity contribution in [3.05, 3.63) is 65.2 Å². The van der Waals surface area contributed by atoms with Crippen molar-refractivity contribution in [1.29, 1.82) is 0 Å². The van der Waals surface area contributed by atoms with Crippen molar-refractivity contribution in [1.82, 2.24) is 19.7 Å². The van der Waals surface area contributed by atoms with Gasteiger partial charge in [-0.3, -0.25) is 4.79 Å². The first kappa shape index (κ1) is 19.0. The minimum atomic E-state index is -0.359. The molecule has 6 nitrogen and oxygen atoms in total. The van der Waals surface area contributed by atoms with Crippen LogP contribution >= 0.6 is 23.4 Å². The van der Waals surface area contributed by atoms with Gasteiger partial charge < -0.3 is 9.88 Å². The SMILES string of the molecule is C[C@@H](Sc1nnc(C2CC2)n1Cc1ccccc1)C(=O)Nc1cccnc1Cl. The largest absolute Gasteiger partial charge is 0.322 e. The molecule has 4 rings (SSSR count). The van der Waals surface area contributed by atoms with Crippen LogP contribution < -0.4 is 5.32 Å². The number of thioether (sulfide) groups is 1. The van der Waals surface area contributed by atoms with Crippen molar-refractivity contribution < 1.29 is 4.79 Å². The molecule has 8 heteroatoms. The summed E-state index contributed by atoms with van der Waals surface area (Å²) in [4.78, 5) is 16.6. The molecule has 0 unspecified atom stereocenters. The lowest BCUT2D eigenvalue weighted by Gasteiger charge is -2.14. The number of nitrogens with one attached hydrogen (secondary N) is 1. The first-order valence-electron chi connectivity index (χ1n) is 9.17. The van der Waals surface area contributed by atoms with Crippen LogP contribution in [0.3, 0.4) is 0 Å². The van der Waals surface area contributed by atoms with Crippen molar-refractivity contribution >= 4 is 35.0 Å². The van der Waals surface area contributed by atoms with Crippen molar-refractivity contribution in [3.63, 3.8) is 0 Å². The fourth-order valence-corrected chi connectivity index (χ4v) is 3.89. The van der Waals surface area contributed by atoms with Crippen LogP contribution in [0.15, 0.2) is 53.8 Å². The summed E-state index contributed by atoms with van der Waals surface area (Å²) in [5, 5.41) is 12.3. The van der Waals surface area contributed by atoms with Crippen molar-refractivity contribution in [2.45, 2.75) is 42.6 Å². The summed E-state index contributed by atoms with van der Waals surface area (Å²) in [5.74, 6) is 1.33. The molecule has 1 atom stereocenters. The lowest BCUT2D eigenvalue weighted by Crippen LogP contribution is -2.23. The van der Waals surface area contributed by atoms with Gasteiger partial charge in [-0.15, -0.1) is 10.2 Å². The van der Waals surface area contributed by atoms with E-state index in [-0.39, 0.29) is 16.3 Å². The molecule has 1 aromatic carbocycles. The maximum Gasteiger partial charge on any atom is 0.237 e. The van der Waals surface area contributed by atoms with E-state index in [0.29, 0.717) is 18.2 Å². The van der Waals surface area contributed by atoms with Gasteiger partial charge in [-0.2, -0.15) is 0 Å². The molecule has 1 saturated carbocycles. The van der Waals surface area contributed by atoms with E-state index in [9.17, 15) is 4.79 Å². The van der Waals surface area contributed by atoms with E-state index in [2.05, 4.69) is 37.2 Å². The topological polar surface area (TPSA) is 72.7 Å². The molecule has 1 aliphatic carbocycles. The zero-order valence-electron chi connectivity index (χ0n) is 15.4. The second kappa shape index (κ2) is 8.32. The molecule has 1 fully saturated rings. The van der Waals surface area contributed by atoms with Crippen molar-refractivity contribution in [2.24, 2.45) is 0 Å². The molecule has 0 spiro atoms. The molecule has 3 aromatic rings. The fourth-order valence-electron chi connectivity index (χ4n) is 2.87. The van der Waals surface area contributed by atoms with Gasteiger partial charge in [0.05, 0.1) is 17.5 Å². The van der Waals surface area contributed by atoms with Gasteiger partial charge in [0.2, 0.25) is 5.91 Å². The van der Waals surface area contributed by atoms with Gasteiger partial charge in [0.15, 0.2) is 10.3 Å². The first-order valence-corrected chi connectivity index (χ1v) is 10.4. The standard InChI is InChI=1S/C20H20ClN5OS/c1-13(19(27)23-16-8-5-11-22-17(16)21)28-20-25-24-18(15-9-10-15)26(20)12-14-6-3-2-4-7-14/h2-8,11,13,15H,9-10,12H2,1H3,(H,23,27)/t13-/m1/s1. The number of amides is 1. The van der Waals surface area contributed by atoms with Gasteiger partial charge in [-0.1, -0.05) is 53.7 Å². The zero-order chi connectivity index (χ0) is 19.5. The molecule has 0 aliphatic heterocycles. The van der Waals surface area contributed by atoms with Crippen LogP contribution in [0.4, 0.5) is 5.69 Å². The smallest absolute Gasteiger partial charge is 0.237 e. The third kappa shape index (κ3) is 4.36. The lowest BCUT2D eigenvalue weighted by atomic mass is 10.2. The van der Waals surface area contributed by atoms with Crippen LogP contribution in [0.1, 0.15) is 37.1 Å². The molecule has 0 radical (unpaired) electrons. The van der Waals surface area contributed by atoms with Gasteiger partial charge in [0.1, 0.15) is 5.82 Å². The summed E-state index contributed by atoms with van der Waals surface area (Å²) in [6, 6.07) is 13.7. The van der Waals surface area contributed by atoms with Gasteiger partial charge in [-0.05, 0) is 37.5 Å². The summed E-state index contributed by atoms with van der Waals surface area (Å²) in [6.45, 7) is 2.55. The van der Waals surface area contributed by atoms with Crippen LogP contribution in [0.5, 0.6) is 0 Å². The predicted octanol–water partition coefficient (Wildman–Crippen LogP) is 4.37. The Kier molecular flexibility index (Phi) is 5.64. The highest BCUT2D eigenvalue weighted by Crippen LogP contribution is 2.40. The number of aromatic nitrogens is 4. The van der Waals surface area contributed by atoms with E-state index < -0.39 is 0 Å². The second-order valence-electron chi connectivity index (χ2n) is 6.78. The molecule has 1 N–H and O–H groups in total. The second-order valence-corrected chi connectivity index (χ2v) is 8.44.